The van der Waals surface area contributed by atoms with E-state index < -0.39 is 6.10 Å². The molecule has 5 heteroatoms. The molecular formula is C27H34Cl2N2O. The van der Waals surface area contributed by atoms with Gasteiger partial charge in [0, 0.05) is 50.5 Å². The van der Waals surface area contributed by atoms with Crippen LogP contribution in [-0.4, -0.2) is 39.3 Å². The second-order valence-corrected chi connectivity index (χ2v) is 10.7. The van der Waals surface area contributed by atoms with Crippen molar-refractivity contribution in [1.29, 1.82) is 0 Å². The molecule has 0 aliphatic heterocycles. The molecule has 1 atom stereocenters. The average Bonchev–Trinajstić information content (AvgIpc) is 3.10. The molecule has 1 heterocycles. The molecule has 1 N–H and O–H groups in total. The van der Waals surface area contributed by atoms with Gasteiger partial charge in [-0.2, -0.15) is 0 Å². The van der Waals surface area contributed by atoms with Gasteiger partial charge in [-0.3, -0.25) is 4.90 Å². The SMILES string of the molecule is O[C@H](CN(C1CCCCC1)C1CCCCC1)Cn1c2ccc(Cl)cc2c2cc(Cl)ccc21. The zero-order valence-corrected chi connectivity index (χ0v) is 20.3. The van der Waals surface area contributed by atoms with Crippen molar-refractivity contribution in [3.05, 3.63) is 46.4 Å². The first kappa shape index (κ1) is 22.5. The Labute approximate surface area is 201 Å². The second kappa shape index (κ2) is 9.93. The summed E-state index contributed by atoms with van der Waals surface area (Å²) in [6, 6.07) is 13.3. The lowest BCUT2D eigenvalue weighted by Gasteiger charge is -2.42. The van der Waals surface area contributed by atoms with E-state index in [1.54, 1.807) is 0 Å². The molecule has 2 aromatic carbocycles. The van der Waals surface area contributed by atoms with E-state index in [4.69, 9.17) is 23.2 Å². The minimum absolute atomic E-state index is 0.413. The molecule has 32 heavy (non-hydrogen) atoms. The molecule has 2 aliphatic carbocycles. The summed E-state index contributed by atoms with van der Waals surface area (Å²) in [6.45, 7) is 1.34. The molecule has 3 nitrogen and oxygen atoms in total. The van der Waals surface area contributed by atoms with Crippen LogP contribution >= 0.6 is 23.2 Å². The van der Waals surface area contributed by atoms with Gasteiger partial charge in [0.05, 0.1) is 12.6 Å². The van der Waals surface area contributed by atoms with Gasteiger partial charge in [0.15, 0.2) is 0 Å². The lowest BCUT2D eigenvalue weighted by atomic mass is 9.88. The monoisotopic (exact) mass is 472 g/mol. The molecule has 0 spiro atoms. The third kappa shape index (κ3) is 4.68. The first-order valence-corrected chi connectivity index (χ1v) is 13.2. The molecule has 172 valence electrons. The van der Waals surface area contributed by atoms with E-state index in [1.807, 2.05) is 24.3 Å². The number of aliphatic hydroxyl groups is 1. The Kier molecular flexibility index (Phi) is 6.99. The number of aromatic nitrogens is 1. The van der Waals surface area contributed by atoms with E-state index in [0.29, 0.717) is 18.6 Å². The third-order valence-corrected chi connectivity index (χ3v) is 8.16. The Morgan fingerprint density at radius 3 is 1.72 bits per heavy atom. The summed E-state index contributed by atoms with van der Waals surface area (Å²) in [7, 11) is 0. The first-order chi connectivity index (χ1) is 15.6. The summed E-state index contributed by atoms with van der Waals surface area (Å²) >= 11 is 12.6. The van der Waals surface area contributed by atoms with Gasteiger partial charge in [-0.15, -0.1) is 0 Å². The predicted molar refractivity (Wildman–Crippen MR) is 136 cm³/mol. The van der Waals surface area contributed by atoms with Crippen molar-refractivity contribution in [1.82, 2.24) is 9.47 Å². The largest absolute Gasteiger partial charge is 0.390 e. The molecule has 2 saturated carbocycles. The number of hydrogen-bond acceptors (Lipinski definition) is 2. The zero-order chi connectivity index (χ0) is 22.1. The molecule has 0 unspecified atom stereocenters. The fraction of sp³-hybridized carbons (Fsp3) is 0.556. The van der Waals surface area contributed by atoms with Crippen molar-refractivity contribution < 1.29 is 5.11 Å². The highest BCUT2D eigenvalue weighted by atomic mass is 35.5. The Hall–Kier alpha value is -1.26. The lowest BCUT2D eigenvalue weighted by Crippen LogP contribution is -2.49. The van der Waals surface area contributed by atoms with Crippen LogP contribution in [0.2, 0.25) is 10.0 Å². The van der Waals surface area contributed by atoms with Gasteiger partial charge in [0.25, 0.3) is 0 Å². The molecule has 3 aromatic rings. The van der Waals surface area contributed by atoms with Gasteiger partial charge in [0.1, 0.15) is 0 Å². The minimum atomic E-state index is -0.413. The maximum atomic E-state index is 11.4. The van der Waals surface area contributed by atoms with Gasteiger partial charge >= 0.3 is 0 Å². The molecule has 0 radical (unpaired) electrons. The Balaban J connectivity index is 1.43. The Bertz CT molecular complexity index is 989. The topological polar surface area (TPSA) is 28.4 Å². The summed E-state index contributed by atoms with van der Waals surface area (Å²) in [5.74, 6) is 0. The molecular weight excluding hydrogens is 439 g/mol. The quantitative estimate of drug-likeness (QED) is 0.403. The summed E-state index contributed by atoms with van der Waals surface area (Å²) in [6.07, 6.45) is 12.8. The smallest absolute Gasteiger partial charge is 0.0846 e. The molecule has 0 saturated heterocycles. The van der Waals surface area contributed by atoms with E-state index in [9.17, 15) is 5.11 Å². The van der Waals surface area contributed by atoms with Crippen LogP contribution in [0.1, 0.15) is 64.2 Å². The number of fused-ring (bicyclic) bond motifs is 3. The fourth-order valence-electron chi connectivity index (χ4n) is 6.18. The van der Waals surface area contributed by atoms with Crippen molar-refractivity contribution in [2.75, 3.05) is 6.54 Å². The van der Waals surface area contributed by atoms with E-state index >= 15 is 0 Å². The van der Waals surface area contributed by atoms with Crippen LogP contribution in [0.4, 0.5) is 0 Å². The van der Waals surface area contributed by atoms with E-state index in [2.05, 4.69) is 21.6 Å². The first-order valence-electron chi connectivity index (χ1n) is 12.4. The molecule has 2 fully saturated rings. The number of nitrogens with zero attached hydrogens (tertiary/aromatic N) is 2. The van der Waals surface area contributed by atoms with E-state index in [1.165, 1.54) is 64.2 Å². The summed E-state index contributed by atoms with van der Waals surface area (Å²) in [5, 5.41) is 15.0. The standard InChI is InChI=1S/C27H34Cl2N2O/c28-19-11-13-26-24(15-19)25-16-20(29)12-14-27(25)31(26)18-23(32)17-30(21-7-3-1-4-8-21)22-9-5-2-6-10-22/h11-16,21-23,32H,1-10,17-18H2/t23-/m1/s1. The fourth-order valence-corrected chi connectivity index (χ4v) is 6.52. The minimum Gasteiger partial charge on any atom is -0.390 e. The van der Waals surface area contributed by atoms with Crippen LogP contribution in [0.3, 0.4) is 0 Å². The van der Waals surface area contributed by atoms with Crippen LogP contribution < -0.4 is 0 Å². The number of benzene rings is 2. The number of aliphatic hydroxyl groups excluding tert-OH is 1. The van der Waals surface area contributed by atoms with Gasteiger partial charge in [0.2, 0.25) is 0 Å². The maximum absolute atomic E-state index is 11.4. The maximum Gasteiger partial charge on any atom is 0.0846 e. The molecule has 0 bridgehead atoms. The highest BCUT2D eigenvalue weighted by Gasteiger charge is 2.30. The number of hydrogen-bond donors (Lipinski definition) is 1. The highest BCUT2D eigenvalue weighted by Crippen LogP contribution is 2.34. The van der Waals surface area contributed by atoms with Gasteiger partial charge in [-0.1, -0.05) is 61.7 Å². The summed E-state index contributed by atoms with van der Waals surface area (Å²) in [4.78, 5) is 2.70. The van der Waals surface area contributed by atoms with Crippen LogP contribution in [0.15, 0.2) is 36.4 Å². The molecule has 1 aromatic heterocycles. The van der Waals surface area contributed by atoms with Crippen molar-refractivity contribution in [3.8, 4) is 0 Å². The van der Waals surface area contributed by atoms with Crippen LogP contribution in [-0.2, 0) is 6.54 Å². The normalized spacial score (nSPS) is 19.9. The van der Waals surface area contributed by atoms with Crippen molar-refractivity contribution in [3.63, 3.8) is 0 Å². The van der Waals surface area contributed by atoms with E-state index in [-0.39, 0.29) is 0 Å². The third-order valence-electron chi connectivity index (χ3n) is 7.69. The molecule has 0 amide bonds. The second-order valence-electron chi connectivity index (χ2n) is 9.87. The Morgan fingerprint density at radius 1 is 0.781 bits per heavy atom. The van der Waals surface area contributed by atoms with Crippen molar-refractivity contribution in [2.45, 2.75) is 88.9 Å². The van der Waals surface area contributed by atoms with Gasteiger partial charge < -0.3 is 9.67 Å². The lowest BCUT2D eigenvalue weighted by molar-refractivity contribution is 0.0242. The van der Waals surface area contributed by atoms with E-state index in [0.717, 1.165) is 38.4 Å². The average molecular weight is 473 g/mol. The van der Waals surface area contributed by atoms with Crippen molar-refractivity contribution in [2.24, 2.45) is 0 Å². The number of rotatable bonds is 6. The summed E-state index contributed by atoms with van der Waals surface area (Å²) in [5.41, 5.74) is 2.21. The molecule has 5 rings (SSSR count). The van der Waals surface area contributed by atoms with Gasteiger partial charge in [-0.25, -0.2) is 0 Å². The van der Waals surface area contributed by atoms with Crippen molar-refractivity contribution >= 4 is 45.0 Å². The summed E-state index contributed by atoms with van der Waals surface area (Å²) < 4.78 is 2.25. The predicted octanol–water partition coefficient (Wildman–Crippen LogP) is 7.43. The van der Waals surface area contributed by atoms with Gasteiger partial charge in [-0.05, 0) is 62.1 Å². The number of halogens is 2. The highest BCUT2D eigenvalue weighted by molar-refractivity contribution is 6.33. The zero-order valence-electron chi connectivity index (χ0n) is 18.8. The molecule has 2 aliphatic rings. The van der Waals surface area contributed by atoms with Crippen LogP contribution in [0.5, 0.6) is 0 Å². The van der Waals surface area contributed by atoms with Crippen LogP contribution in [0.25, 0.3) is 21.8 Å². The van der Waals surface area contributed by atoms with Crippen LogP contribution in [0, 0.1) is 0 Å². The Morgan fingerprint density at radius 2 is 1.25 bits per heavy atom.